The van der Waals surface area contributed by atoms with Crippen LogP contribution in [0.5, 0.6) is 5.88 Å². The number of amides is 1. The van der Waals surface area contributed by atoms with Gasteiger partial charge in [0.2, 0.25) is 5.88 Å². The van der Waals surface area contributed by atoms with E-state index in [1.54, 1.807) is 52.3 Å². The summed E-state index contributed by atoms with van der Waals surface area (Å²) in [5, 5.41) is 4.46. The second-order valence-electron chi connectivity index (χ2n) is 9.56. The molecule has 1 aliphatic rings. The maximum atomic E-state index is 15.4. The predicted molar refractivity (Wildman–Crippen MR) is 151 cm³/mol. The van der Waals surface area contributed by atoms with E-state index in [0.29, 0.717) is 18.7 Å². The number of aryl methyl sites for hydroxylation is 1. The number of carbonyl (C=O) groups is 1. The van der Waals surface area contributed by atoms with Gasteiger partial charge in [0.05, 0.1) is 24.0 Å². The molecule has 4 rings (SSSR count). The Morgan fingerprint density at radius 1 is 1.33 bits per heavy atom. The number of ether oxygens (including phenoxy) is 1. The number of aliphatic imine (C=N–C) groups is 1. The van der Waals surface area contributed by atoms with Crippen molar-refractivity contribution in [1.29, 1.82) is 0 Å². The summed E-state index contributed by atoms with van der Waals surface area (Å²) in [6.07, 6.45) is 8.68. The average molecular weight is 552 g/mol. The Bertz CT molecular complexity index is 1550. The summed E-state index contributed by atoms with van der Waals surface area (Å²) in [7, 11) is 3.12. The largest absolute Gasteiger partial charge is 0.476 e. The van der Waals surface area contributed by atoms with Gasteiger partial charge in [-0.3, -0.25) is 19.1 Å². The number of carbonyl (C=O) groups excluding carboxylic acids is 1. The van der Waals surface area contributed by atoms with Crippen molar-refractivity contribution >= 4 is 29.4 Å². The van der Waals surface area contributed by atoms with Crippen molar-refractivity contribution in [1.82, 2.24) is 19.2 Å². The molecule has 0 spiro atoms. The lowest BCUT2D eigenvalue weighted by molar-refractivity contribution is 0.0823. The van der Waals surface area contributed by atoms with Crippen LogP contribution in [0.3, 0.4) is 0 Å². The maximum Gasteiger partial charge on any atom is 0.273 e. The number of aromatic nitrogens is 3. The molecule has 10 heteroatoms. The molecule has 1 aliphatic heterocycles. The zero-order valence-corrected chi connectivity index (χ0v) is 23.4. The van der Waals surface area contributed by atoms with Crippen molar-refractivity contribution in [3.8, 4) is 5.88 Å². The lowest BCUT2D eigenvalue weighted by Crippen LogP contribution is -2.23. The zero-order chi connectivity index (χ0) is 28.3. The quantitative estimate of drug-likeness (QED) is 0.366. The summed E-state index contributed by atoms with van der Waals surface area (Å²) in [6, 6.07) is 6.44. The highest BCUT2D eigenvalue weighted by molar-refractivity contribution is 6.31. The number of halogens is 2. The van der Waals surface area contributed by atoms with Crippen molar-refractivity contribution in [3.05, 3.63) is 98.0 Å². The molecule has 0 aliphatic carbocycles. The number of rotatable bonds is 8. The predicted octanol–water partition coefficient (Wildman–Crippen LogP) is 5.08. The number of benzene rings is 1. The van der Waals surface area contributed by atoms with E-state index >= 15 is 4.39 Å². The van der Waals surface area contributed by atoms with Gasteiger partial charge in [-0.05, 0) is 56.0 Å². The van der Waals surface area contributed by atoms with Crippen molar-refractivity contribution < 1.29 is 13.9 Å². The summed E-state index contributed by atoms with van der Waals surface area (Å²) in [4.78, 5) is 31.4. The van der Waals surface area contributed by atoms with Crippen molar-refractivity contribution in [2.75, 3.05) is 20.7 Å². The second kappa shape index (κ2) is 11.8. The van der Waals surface area contributed by atoms with Crippen molar-refractivity contribution in [2.24, 2.45) is 4.99 Å². The first-order chi connectivity index (χ1) is 18.6. The van der Waals surface area contributed by atoms with Crippen LogP contribution < -0.4 is 10.3 Å². The standard InChI is InChI=1S/C29H31ClFN5O3/c1-6-11-32-24(21-8-7-9-22(26(21)31)27(37)34(4)5)10-12-35-19(3)16-23(25(30)28(35)38)18(2)15-20-17-33-36-13-14-39-29(20)36/h6-12,16-18H,13-15H2,1-5H3/b11-6+,12-10+,32-24-. The van der Waals surface area contributed by atoms with Crippen LogP contribution in [0, 0.1) is 12.7 Å². The van der Waals surface area contributed by atoms with Gasteiger partial charge in [-0.2, -0.15) is 5.10 Å². The molecule has 0 bridgehead atoms. The molecule has 0 saturated heterocycles. The third-order valence-electron chi connectivity index (χ3n) is 6.52. The highest BCUT2D eigenvalue weighted by Gasteiger charge is 2.23. The number of allylic oxidation sites excluding steroid dienone is 2. The third kappa shape index (κ3) is 5.73. The first-order valence-corrected chi connectivity index (χ1v) is 13.0. The Hall–Kier alpha value is -3.98. The average Bonchev–Trinajstić information content (AvgIpc) is 3.53. The summed E-state index contributed by atoms with van der Waals surface area (Å²) < 4.78 is 24.3. The van der Waals surface area contributed by atoms with Gasteiger partial charge in [0.25, 0.3) is 11.5 Å². The Kier molecular flexibility index (Phi) is 8.50. The first kappa shape index (κ1) is 28.0. The van der Waals surface area contributed by atoms with Crippen LogP contribution in [-0.2, 0) is 13.0 Å². The molecule has 8 nitrogen and oxygen atoms in total. The minimum Gasteiger partial charge on any atom is -0.476 e. The minimum atomic E-state index is -0.689. The van der Waals surface area contributed by atoms with Crippen LogP contribution >= 0.6 is 11.6 Å². The van der Waals surface area contributed by atoms with E-state index in [4.69, 9.17) is 16.3 Å². The van der Waals surface area contributed by atoms with Crippen LogP contribution in [0.2, 0.25) is 5.02 Å². The fraction of sp³-hybridized carbons (Fsp3) is 0.310. The third-order valence-corrected chi connectivity index (χ3v) is 6.90. The molecule has 0 saturated carbocycles. The van der Waals surface area contributed by atoms with E-state index in [9.17, 15) is 9.59 Å². The molecule has 0 N–H and O–H groups in total. The summed E-state index contributed by atoms with van der Waals surface area (Å²) >= 11 is 6.59. The van der Waals surface area contributed by atoms with Crippen LogP contribution in [0.4, 0.5) is 4.39 Å². The number of fused-ring (bicyclic) bond motifs is 1. The molecule has 0 radical (unpaired) electrons. The van der Waals surface area contributed by atoms with Gasteiger partial charge in [-0.25, -0.2) is 9.07 Å². The second-order valence-corrected chi connectivity index (χ2v) is 9.94. The Morgan fingerprint density at radius 3 is 2.79 bits per heavy atom. The molecule has 2 aromatic heterocycles. The van der Waals surface area contributed by atoms with Crippen LogP contribution in [0.1, 0.15) is 52.5 Å². The van der Waals surface area contributed by atoms with E-state index < -0.39 is 17.3 Å². The molecule has 1 unspecified atom stereocenters. The van der Waals surface area contributed by atoms with Crippen LogP contribution in [-0.4, -0.2) is 51.6 Å². The van der Waals surface area contributed by atoms with E-state index in [0.717, 1.165) is 23.6 Å². The van der Waals surface area contributed by atoms with E-state index in [-0.39, 0.29) is 27.8 Å². The van der Waals surface area contributed by atoms with Gasteiger partial charge in [-0.15, -0.1) is 0 Å². The van der Waals surface area contributed by atoms with Gasteiger partial charge in [0, 0.05) is 43.3 Å². The summed E-state index contributed by atoms with van der Waals surface area (Å²) in [5.74, 6) is -0.438. The van der Waals surface area contributed by atoms with Crippen molar-refractivity contribution in [3.63, 3.8) is 0 Å². The first-order valence-electron chi connectivity index (χ1n) is 12.6. The molecule has 3 heterocycles. The number of pyridine rings is 1. The minimum absolute atomic E-state index is 0.0569. The van der Waals surface area contributed by atoms with Crippen LogP contribution in [0.25, 0.3) is 6.20 Å². The van der Waals surface area contributed by atoms with Gasteiger partial charge in [0.1, 0.15) is 17.4 Å². The Morgan fingerprint density at radius 2 is 2.08 bits per heavy atom. The van der Waals surface area contributed by atoms with Gasteiger partial charge in [-0.1, -0.05) is 30.7 Å². The SMILES string of the molecule is C/C=C/N=C(/C=C/n1c(C)cc(C(C)Cc2cnn3c2OCC3)c(Cl)c1=O)c1cccc(C(=O)N(C)C)c1F. The molecule has 1 amide bonds. The molecule has 39 heavy (non-hydrogen) atoms. The molecule has 3 aromatic rings. The molecule has 1 atom stereocenters. The Labute approximate surface area is 231 Å². The molecule has 1 aromatic carbocycles. The van der Waals surface area contributed by atoms with Gasteiger partial charge in [0.15, 0.2) is 0 Å². The monoisotopic (exact) mass is 551 g/mol. The van der Waals surface area contributed by atoms with Crippen molar-refractivity contribution in [2.45, 2.75) is 39.7 Å². The lowest BCUT2D eigenvalue weighted by atomic mass is 9.95. The van der Waals surface area contributed by atoms with Gasteiger partial charge < -0.3 is 9.64 Å². The molecule has 204 valence electrons. The normalized spacial score (nSPS) is 14.2. The Balaban J connectivity index is 1.67. The van der Waals surface area contributed by atoms with Gasteiger partial charge >= 0.3 is 0 Å². The van der Waals surface area contributed by atoms with E-state index in [1.165, 1.54) is 34.0 Å². The maximum absolute atomic E-state index is 15.4. The topological polar surface area (TPSA) is 81.7 Å². The smallest absolute Gasteiger partial charge is 0.273 e. The number of hydrogen-bond acceptors (Lipinski definition) is 5. The highest BCUT2D eigenvalue weighted by Crippen LogP contribution is 2.31. The number of hydrogen-bond donors (Lipinski definition) is 0. The molecular formula is C29H31ClFN5O3. The number of nitrogens with zero attached hydrogens (tertiary/aromatic N) is 5. The highest BCUT2D eigenvalue weighted by atomic mass is 35.5. The lowest BCUT2D eigenvalue weighted by Gasteiger charge is -2.16. The molecular weight excluding hydrogens is 521 g/mol. The van der Waals surface area contributed by atoms with E-state index in [2.05, 4.69) is 10.1 Å². The van der Waals surface area contributed by atoms with Crippen LogP contribution in [0.15, 0.2) is 58.6 Å². The summed E-state index contributed by atoms with van der Waals surface area (Å²) in [6.45, 7) is 6.93. The summed E-state index contributed by atoms with van der Waals surface area (Å²) in [5.41, 5.74) is 2.27. The zero-order valence-electron chi connectivity index (χ0n) is 22.6. The molecule has 0 fully saturated rings. The fourth-order valence-electron chi connectivity index (χ4n) is 4.48. The fourth-order valence-corrected chi connectivity index (χ4v) is 4.81. The van der Waals surface area contributed by atoms with E-state index in [1.807, 2.05) is 17.7 Å².